The van der Waals surface area contributed by atoms with Gasteiger partial charge >= 0.3 is 0 Å². The van der Waals surface area contributed by atoms with E-state index < -0.39 is 8.32 Å². The molecule has 0 aromatic carbocycles. The van der Waals surface area contributed by atoms with E-state index in [1.165, 1.54) is 32.1 Å². The summed E-state index contributed by atoms with van der Waals surface area (Å²) in [5, 5.41) is 7.41. The second-order valence-corrected chi connectivity index (χ2v) is 14.7. The van der Waals surface area contributed by atoms with Gasteiger partial charge in [0.1, 0.15) is 0 Å². The lowest BCUT2D eigenvalue weighted by molar-refractivity contribution is 0.118. The van der Waals surface area contributed by atoms with Crippen LogP contribution in [0.1, 0.15) is 73.1 Å². The summed E-state index contributed by atoms with van der Waals surface area (Å²) >= 11 is 0. The zero-order chi connectivity index (χ0) is 20.5. The molecule has 0 bridgehead atoms. The molecular weight excluding hydrogens is 352 g/mol. The first-order valence-electron chi connectivity index (χ1n) is 11.0. The van der Waals surface area contributed by atoms with E-state index in [4.69, 9.17) is 14.3 Å². The van der Waals surface area contributed by atoms with Crippen LogP contribution in [0.15, 0.2) is 5.10 Å². The highest BCUT2D eigenvalue weighted by atomic mass is 28.4. The summed E-state index contributed by atoms with van der Waals surface area (Å²) in [6, 6.07) is 0.456. The molecule has 0 radical (unpaired) electrons. The Balaban J connectivity index is 2.55. The van der Waals surface area contributed by atoms with Crippen molar-refractivity contribution in [3.8, 4) is 0 Å². The number of nitrogens with zero attached hydrogens (tertiary/aromatic N) is 2. The molecule has 0 amide bonds. The van der Waals surface area contributed by atoms with E-state index in [0.29, 0.717) is 12.0 Å². The third kappa shape index (κ3) is 8.65. The largest absolute Gasteiger partial charge is 0.417 e. The van der Waals surface area contributed by atoms with Gasteiger partial charge in [-0.2, -0.15) is 5.10 Å². The Labute approximate surface area is 170 Å². The van der Waals surface area contributed by atoms with Gasteiger partial charge in [-0.05, 0) is 62.1 Å². The first-order valence-corrected chi connectivity index (χ1v) is 13.9. The Morgan fingerprint density at radius 3 is 2.59 bits per heavy atom. The molecule has 1 aliphatic heterocycles. The molecule has 1 heterocycles. The lowest BCUT2D eigenvalue weighted by Crippen LogP contribution is -2.41. The molecule has 27 heavy (non-hydrogen) atoms. The molecule has 1 fully saturated rings. The van der Waals surface area contributed by atoms with E-state index in [1.54, 1.807) is 7.11 Å². The Morgan fingerprint density at radius 2 is 2.00 bits per heavy atom. The van der Waals surface area contributed by atoms with Crippen molar-refractivity contribution in [2.24, 2.45) is 16.9 Å². The van der Waals surface area contributed by atoms with Gasteiger partial charge in [-0.15, -0.1) is 0 Å². The molecule has 0 aromatic heterocycles. The van der Waals surface area contributed by atoms with Crippen LogP contribution < -0.4 is 0 Å². The molecule has 0 spiro atoms. The number of hydrazone groups is 1. The SMILES string of the molecule is CC[C@H](C)C[C@@H](/C=N/N1CCC[C@H]1COC)CCCO[Si](C)(C)C(C)(C)C. The molecule has 1 aliphatic rings. The van der Waals surface area contributed by atoms with E-state index in [0.717, 1.165) is 32.1 Å². The standard InChI is InChI=1S/C22H46N2O2Si/c1-9-19(2)16-20(12-11-15-26-27(7,8)22(3,4)5)17-23-24-14-10-13-21(24)18-25-6/h17,19-21H,9-16,18H2,1-8H3/b23-17+/t19-,20-,21-/m0/s1. The smallest absolute Gasteiger partial charge is 0.191 e. The van der Waals surface area contributed by atoms with Crippen molar-refractivity contribution in [3.05, 3.63) is 0 Å². The number of methoxy groups -OCH3 is 1. The van der Waals surface area contributed by atoms with Crippen molar-refractivity contribution in [2.75, 3.05) is 26.9 Å². The number of hydrogen-bond acceptors (Lipinski definition) is 4. The number of ether oxygens (including phenoxy) is 1. The van der Waals surface area contributed by atoms with Crippen LogP contribution >= 0.6 is 0 Å². The van der Waals surface area contributed by atoms with Gasteiger partial charge in [-0.25, -0.2) is 0 Å². The Kier molecular flexibility index (Phi) is 10.6. The van der Waals surface area contributed by atoms with Crippen molar-refractivity contribution in [1.29, 1.82) is 0 Å². The summed E-state index contributed by atoms with van der Waals surface area (Å²) in [4.78, 5) is 0. The van der Waals surface area contributed by atoms with Gasteiger partial charge in [-0.3, -0.25) is 5.01 Å². The summed E-state index contributed by atoms with van der Waals surface area (Å²) in [6.07, 6.45) is 9.41. The second-order valence-electron chi connectivity index (χ2n) is 9.94. The van der Waals surface area contributed by atoms with Crippen LogP contribution in [0.4, 0.5) is 0 Å². The highest BCUT2D eigenvalue weighted by Gasteiger charge is 2.36. The maximum atomic E-state index is 6.37. The molecule has 1 rings (SSSR count). The quantitative estimate of drug-likeness (QED) is 0.232. The Morgan fingerprint density at radius 1 is 1.30 bits per heavy atom. The van der Waals surface area contributed by atoms with Gasteiger partial charge in [0, 0.05) is 26.5 Å². The highest BCUT2D eigenvalue weighted by Crippen LogP contribution is 2.36. The molecule has 0 unspecified atom stereocenters. The third-order valence-corrected chi connectivity index (χ3v) is 11.1. The van der Waals surface area contributed by atoms with Crippen LogP contribution in [-0.4, -0.2) is 52.5 Å². The summed E-state index contributed by atoms with van der Waals surface area (Å²) in [5.74, 6) is 1.29. The van der Waals surface area contributed by atoms with Crippen LogP contribution in [0, 0.1) is 11.8 Å². The molecule has 160 valence electrons. The second kappa shape index (κ2) is 11.6. The van der Waals surface area contributed by atoms with E-state index in [2.05, 4.69) is 58.9 Å². The van der Waals surface area contributed by atoms with E-state index in [1.807, 2.05) is 0 Å². The summed E-state index contributed by atoms with van der Waals surface area (Å²) in [6.45, 7) is 19.0. The molecule has 0 saturated carbocycles. The summed E-state index contributed by atoms with van der Waals surface area (Å²) < 4.78 is 11.7. The summed E-state index contributed by atoms with van der Waals surface area (Å²) in [7, 11) is 0.156. The predicted octanol–water partition coefficient (Wildman–Crippen LogP) is 5.94. The minimum Gasteiger partial charge on any atom is -0.417 e. The lowest BCUT2D eigenvalue weighted by Gasteiger charge is -2.36. The Hall–Kier alpha value is -0.393. The van der Waals surface area contributed by atoms with Gasteiger partial charge in [0.05, 0.1) is 12.6 Å². The predicted molar refractivity (Wildman–Crippen MR) is 120 cm³/mol. The maximum Gasteiger partial charge on any atom is 0.191 e. The minimum absolute atomic E-state index is 0.288. The molecular formula is C22H46N2O2Si. The van der Waals surface area contributed by atoms with Crippen LogP contribution in [0.5, 0.6) is 0 Å². The minimum atomic E-state index is -1.63. The van der Waals surface area contributed by atoms with Gasteiger partial charge in [-0.1, -0.05) is 41.0 Å². The fraction of sp³-hybridized carbons (Fsp3) is 0.955. The molecule has 1 saturated heterocycles. The van der Waals surface area contributed by atoms with Gasteiger partial charge in [0.15, 0.2) is 8.32 Å². The summed E-state index contributed by atoms with van der Waals surface area (Å²) in [5.41, 5.74) is 0. The van der Waals surface area contributed by atoms with Crippen LogP contribution in [0.3, 0.4) is 0 Å². The van der Waals surface area contributed by atoms with Crippen molar-refractivity contribution in [2.45, 2.75) is 97.3 Å². The van der Waals surface area contributed by atoms with Crippen molar-refractivity contribution in [3.63, 3.8) is 0 Å². The topological polar surface area (TPSA) is 34.1 Å². The average molecular weight is 399 g/mol. The van der Waals surface area contributed by atoms with Crippen molar-refractivity contribution in [1.82, 2.24) is 5.01 Å². The molecule has 4 nitrogen and oxygen atoms in total. The highest BCUT2D eigenvalue weighted by molar-refractivity contribution is 6.74. The van der Waals surface area contributed by atoms with Crippen molar-refractivity contribution < 1.29 is 9.16 Å². The first-order chi connectivity index (χ1) is 12.6. The van der Waals surface area contributed by atoms with Crippen LogP contribution in [0.25, 0.3) is 0 Å². The third-order valence-electron chi connectivity index (χ3n) is 6.52. The van der Waals surface area contributed by atoms with Crippen LogP contribution in [0.2, 0.25) is 18.1 Å². The van der Waals surface area contributed by atoms with Crippen molar-refractivity contribution >= 4 is 14.5 Å². The van der Waals surface area contributed by atoms with Crippen LogP contribution in [-0.2, 0) is 9.16 Å². The zero-order valence-corrected chi connectivity index (χ0v) is 20.4. The van der Waals surface area contributed by atoms with Gasteiger partial charge in [0.2, 0.25) is 0 Å². The number of rotatable bonds is 12. The Bertz CT molecular complexity index is 435. The fourth-order valence-corrected chi connectivity index (χ4v) is 4.43. The number of hydrogen-bond donors (Lipinski definition) is 0. The first kappa shape index (κ1) is 24.6. The molecule has 0 aromatic rings. The van der Waals surface area contributed by atoms with E-state index in [-0.39, 0.29) is 5.04 Å². The fourth-order valence-electron chi connectivity index (χ4n) is 3.34. The van der Waals surface area contributed by atoms with Gasteiger partial charge < -0.3 is 9.16 Å². The molecule has 0 N–H and O–H groups in total. The van der Waals surface area contributed by atoms with Gasteiger partial charge in [0.25, 0.3) is 0 Å². The van der Waals surface area contributed by atoms with E-state index in [9.17, 15) is 0 Å². The zero-order valence-electron chi connectivity index (χ0n) is 19.4. The monoisotopic (exact) mass is 398 g/mol. The molecule has 0 aliphatic carbocycles. The molecule has 5 heteroatoms. The molecule has 3 atom stereocenters. The lowest BCUT2D eigenvalue weighted by atomic mass is 9.91. The van der Waals surface area contributed by atoms with E-state index >= 15 is 0 Å². The normalized spacial score (nSPS) is 21.2. The average Bonchev–Trinajstić information content (AvgIpc) is 3.02. The maximum absolute atomic E-state index is 6.37.